The van der Waals surface area contributed by atoms with Gasteiger partial charge in [0.1, 0.15) is 22.9 Å². The number of nitrogens with one attached hydrogen (secondary N) is 1. The van der Waals surface area contributed by atoms with Crippen LogP contribution in [-0.4, -0.2) is 33.2 Å². The van der Waals surface area contributed by atoms with Crippen molar-refractivity contribution >= 4 is 17.5 Å². The average Bonchev–Trinajstić information content (AvgIpc) is 3.30. The fourth-order valence-corrected chi connectivity index (χ4v) is 5.26. The van der Waals surface area contributed by atoms with E-state index in [2.05, 4.69) is 17.3 Å². The van der Waals surface area contributed by atoms with Gasteiger partial charge in [0, 0.05) is 17.7 Å². The van der Waals surface area contributed by atoms with Crippen molar-refractivity contribution in [2.75, 3.05) is 4.90 Å². The molecule has 2 amide bonds. The smallest absolute Gasteiger partial charge is 0.277 e. The molecule has 1 aliphatic carbocycles. The van der Waals surface area contributed by atoms with E-state index in [1.165, 1.54) is 21.2 Å². The number of halogens is 2. The molecule has 1 saturated carbocycles. The van der Waals surface area contributed by atoms with E-state index in [1.54, 1.807) is 13.0 Å². The van der Waals surface area contributed by atoms with Crippen LogP contribution in [0.1, 0.15) is 62.0 Å². The highest BCUT2D eigenvalue weighted by atomic mass is 19.1. The van der Waals surface area contributed by atoms with E-state index < -0.39 is 23.1 Å². The Bertz CT molecular complexity index is 1300. The molecule has 1 fully saturated rings. The Morgan fingerprint density at radius 3 is 2.47 bits per heavy atom. The normalized spacial score (nSPS) is 20.3. The highest BCUT2D eigenvalue weighted by molar-refractivity contribution is 6.12. The Kier molecular flexibility index (Phi) is 6.36. The summed E-state index contributed by atoms with van der Waals surface area (Å²) < 4.78 is 30.3. The van der Waals surface area contributed by atoms with E-state index >= 15 is 4.39 Å². The first kappa shape index (κ1) is 24.2. The summed E-state index contributed by atoms with van der Waals surface area (Å²) in [5, 5.41) is 7.74. The van der Waals surface area contributed by atoms with Crippen molar-refractivity contribution in [2.24, 2.45) is 0 Å². The summed E-state index contributed by atoms with van der Waals surface area (Å²) in [5.74, 6) is -2.58. The third kappa shape index (κ3) is 4.29. The second kappa shape index (κ2) is 9.48. The SMILES string of the molecule is CCc1ccc(-c2cc3n(n2)C[C@@](C)(C(=O)NC2CCCCC2)N(c2ccc(F)cc2F)C3=O)cc1. The summed E-state index contributed by atoms with van der Waals surface area (Å²) >= 11 is 0. The molecule has 36 heavy (non-hydrogen) atoms. The molecule has 8 heteroatoms. The lowest BCUT2D eigenvalue weighted by Gasteiger charge is -2.44. The number of hydrogen-bond acceptors (Lipinski definition) is 3. The van der Waals surface area contributed by atoms with E-state index in [4.69, 9.17) is 0 Å². The molecule has 1 atom stereocenters. The molecule has 188 valence electrons. The van der Waals surface area contributed by atoms with Gasteiger partial charge in [0.2, 0.25) is 5.91 Å². The highest BCUT2D eigenvalue weighted by Crippen LogP contribution is 2.36. The molecule has 6 nitrogen and oxygen atoms in total. The zero-order valence-corrected chi connectivity index (χ0v) is 20.6. The molecule has 0 spiro atoms. The van der Waals surface area contributed by atoms with Crippen molar-refractivity contribution in [3.63, 3.8) is 0 Å². The van der Waals surface area contributed by atoms with Crippen LogP contribution in [0.3, 0.4) is 0 Å². The van der Waals surface area contributed by atoms with Crippen LogP contribution in [0.4, 0.5) is 14.5 Å². The zero-order chi connectivity index (χ0) is 25.4. The highest BCUT2D eigenvalue weighted by Gasteiger charge is 2.50. The fourth-order valence-electron chi connectivity index (χ4n) is 5.26. The Labute approximate surface area is 209 Å². The summed E-state index contributed by atoms with van der Waals surface area (Å²) in [5.41, 5.74) is 1.27. The third-order valence-corrected chi connectivity index (χ3v) is 7.39. The van der Waals surface area contributed by atoms with Gasteiger partial charge in [-0.3, -0.25) is 19.2 Å². The summed E-state index contributed by atoms with van der Waals surface area (Å²) in [6.45, 7) is 3.73. The number of aromatic nitrogens is 2. The largest absolute Gasteiger partial charge is 0.351 e. The number of amides is 2. The van der Waals surface area contributed by atoms with E-state index in [0.29, 0.717) is 5.69 Å². The maximum absolute atomic E-state index is 15.0. The number of carbonyl (C=O) groups is 2. The van der Waals surface area contributed by atoms with Crippen molar-refractivity contribution < 1.29 is 18.4 Å². The number of benzene rings is 2. The van der Waals surface area contributed by atoms with E-state index in [9.17, 15) is 14.0 Å². The molecule has 1 aromatic heterocycles. The van der Waals surface area contributed by atoms with Crippen molar-refractivity contribution in [2.45, 2.75) is 70.5 Å². The Morgan fingerprint density at radius 1 is 1.08 bits per heavy atom. The molecule has 0 radical (unpaired) electrons. The van der Waals surface area contributed by atoms with Crippen molar-refractivity contribution in [1.29, 1.82) is 0 Å². The van der Waals surface area contributed by atoms with Crippen LogP contribution < -0.4 is 10.2 Å². The number of fused-ring (bicyclic) bond motifs is 1. The molecular formula is C28H30F2N4O2. The minimum Gasteiger partial charge on any atom is -0.351 e. The molecular weight excluding hydrogens is 462 g/mol. The van der Waals surface area contributed by atoms with Crippen LogP contribution in [0.5, 0.6) is 0 Å². The third-order valence-electron chi connectivity index (χ3n) is 7.39. The molecule has 2 aliphatic rings. The predicted octanol–water partition coefficient (Wildman–Crippen LogP) is 5.26. The molecule has 3 aromatic rings. The van der Waals surface area contributed by atoms with Crippen molar-refractivity contribution in [3.05, 3.63) is 71.4 Å². The standard InChI is InChI=1S/C28H30F2N4O2/c1-3-18-9-11-19(12-10-18)23-16-25-26(35)34(24-14-13-20(29)15-22(24)30)28(2,17-33(25)32-23)27(36)31-21-7-5-4-6-8-21/h9-16,21H,3-8,17H2,1-2H3,(H,31,36)/t28-/m0/s1. The van der Waals surface area contributed by atoms with Crippen LogP contribution >= 0.6 is 0 Å². The average molecular weight is 493 g/mol. The van der Waals surface area contributed by atoms with Gasteiger partial charge in [0.25, 0.3) is 5.91 Å². The quantitative estimate of drug-likeness (QED) is 0.529. The molecule has 2 heterocycles. The Balaban J connectivity index is 1.56. The fraction of sp³-hybridized carbons (Fsp3) is 0.393. The summed E-state index contributed by atoms with van der Waals surface area (Å²) in [7, 11) is 0. The summed E-state index contributed by atoms with van der Waals surface area (Å²) in [6.07, 6.45) is 5.83. The lowest BCUT2D eigenvalue weighted by molar-refractivity contribution is -0.127. The topological polar surface area (TPSA) is 67.2 Å². The van der Waals surface area contributed by atoms with Crippen LogP contribution in [0.2, 0.25) is 0 Å². The molecule has 0 saturated heterocycles. The number of anilines is 1. The molecule has 1 N–H and O–H groups in total. The first-order valence-electron chi connectivity index (χ1n) is 12.6. The predicted molar refractivity (Wildman–Crippen MR) is 134 cm³/mol. The minimum atomic E-state index is -1.46. The number of aryl methyl sites for hydroxylation is 1. The zero-order valence-electron chi connectivity index (χ0n) is 20.6. The van der Waals surface area contributed by atoms with Gasteiger partial charge in [-0.05, 0) is 49.9 Å². The van der Waals surface area contributed by atoms with E-state index in [0.717, 1.165) is 56.2 Å². The number of rotatable bonds is 5. The molecule has 1 aliphatic heterocycles. The minimum absolute atomic E-state index is 0.00440. The van der Waals surface area contributed by atoms with Crippen molar-refractivity contribution in [1.82, 2.24) is 15.1 Å². The Morgan fingerprint density at radius 2 is 1.81 bits per heavy atom. The monoisotopic (exact) mass is 492 g/mol. The van der Waals surface area contributed by atoms with Crippen LogP contribution in [-0.2, 0) is 17.8 Å². The number of carbonyl (C=O) groups excluding carboxylic acids is 2. The summed E-state index contributed by atoms with van der Waals surface area (Å²) in [4.78, 5) is 28.7. The maximum Gasteiger partial charge on any atom is 0.277 e. The Hall–Kier alpha value is -3.55. The van der Waals surface area contributed by atoms with E-state index in [-0.39, 0.29) is 29.9 Å². The molecule has 0 bridgehead atoms. The number of nitrogens with zero attached hydrogens (tertiary/aromatic N) is 3. The lowest BCUT2D eigenvalue weighted by atomic mass is 9.91. The van der Waals surface area contributed by atoms with Crippen molar-refractivity contribution in [3.8, 4) is 11.3 Å². The van der Waals surface area contributed by atoms with Gasteiger partial charge in [-0.15, -0.1) is 0 Å². The van der Waals surface area contributed by atoms with Crippen LogP contribution in [0, 0.1) is 11.6 Å². The molecule has 2 aromatic carbocycles. The van der Waals surface area contributed by atoms with Gasteiger partial charge in [0.15, 0.2) is 0 Å². The first-order valence-corrected chi connectivity index (χ1v) is 12.6. The van der Waals surface area contributed by atoms with E-state index in [1.807, 2.05) is 24.3 Å². The second-order valence-electron chi connectivity index (χ2n) is 9.94. The molecule has 0 unspecified atom stereocenters. The maximum atomic E-state index is 15.0. The van der Waals surface area contributed by atoms with Crippen LogP contribution in [0.15, 0.2) is 48.5 Å². The van der Waals surface area contributed by atoms with Gasteiger partial charge in [-0.1, -0.05) is 50.5 Å². The summed E-state index contributed by atoms with van der Waals surface area (Å²) in [6, 6.07) is 12.6. The van der Waals surface area contributed by atoms with Gasteiger partial charge in [0.05, 0.1) is 17.9 Å². The second-order valence-corrected chi connectivity index (χ2v) is 9.94. The van der Waals surface area contributed by atoms with Gasteiger partial charge < -0.3 is 5.32 Å². The van der Waals surface area contributed by atoms with Crippen LogP contribution in [0.25, 0.3) is 11.3 Å². The van der Waals surface area contributed by atoms with Gasteiger partial charge >= 0.3 is 0 Å². The lowest BCUT2D eigenvalue weighted by Crippen LogP contribution is -2.65. The molecule has 5 rings (SSSR count). The first-order chi connectivity index (χ1) is 17.3. The van der Waals surface area contributed by atoms with Gasteiger partial charge in [-0.25, -0.2) is 8.78 Å². The number of hydrogen-bond donors (Lipinski definition) is 1. The van der Waals surface area contributed by atoms with Gasteiger partial charge in [-0.2, -0.15) is 5.10 Å².